The van der Waals surface area contributed by atoms with Crippen LogP contribution in [0.15, 0.2) is 24.3 Å². The highest BCUT2D eigenvalue weighted by Gasteiger charge is 2.27. The van der Waals surface area contributed by atoms with Crippen molar-refractivity contribution in [3.8, 4) is 5.75 Å². The highest BCUT2D eigenvalue weighted by Crippen LogP contribution is 2.19. The van der Waals surface area contributed by atoms with E-state index in [0.717, 1.165) is 5.56 Å². The molecule has 3 nitrogen and oxygen atoms in total. The van der Waals surface area contributed by atoms with Crippen LogP contribution < -0.4 is 4.74 Å². The van der Waals surface area contributed by atoms with Gasteiger partial charge in [-0.05, 0) is 31.5 Å². The minimum absolute atomic E-state index is 0.261. The van der Waals surface area contributed by atoms with Gasteiger partial charge in [0.2, 0.25) is 0 Å². The molecule has 0 fully saturated rings. The second-order valence-electron chi connectivity index (χ2n) is 4.09. The van der Waals surface area contributed by atoms with Crippen molar-refractivity contribution in [2.24, 2.45) is 0 Å². The van der Waals surface area contributed by atoms with Crippen LogP contribution in [-0.2, 0) is 4.79 Å². The molecule has 0 amide bonds. The standard InChI is InChI=1S/C12H15FO3/c1-9-4-3-5-10(6-9)16-8-12(2,13)7-11(14)15/h3-6H,7-8H2,1-2H3,(H,14,15). The Labute approximate surface area is 93.9 Å². The fourth-order valence-corrected chi connectivity index (χ4v) is 1.31. The first kappa shape index (κ1) is 12.5. The molecule has 0 saturated carbocycles. The van der Waals surface area contributed by atoms with Crippen molar-refractivity contribution >= 4 is 5.97 Å². The highest BCUT2D eigenvalue weighted by molar-refractivity contribution is 5.68. The lowest BCUT2D eigenvalue weighted by molar-refractivity contribution is -0.140. The maximum atomic E-state index is 13.6. The monoisotopic (exact) mass is 226 g/mol. The average molecular weight is 226 g/mol. The Kier molecular flexibility index (Phi) is 3.88. The van der Waals surface area contributed by atoms with Gasteiger partial charge in [-0.3, -0.25) is 4.79 Å². The van der Waals surface area contributed by atoms with Gasteiger partial charge in [0, 0.05) is 0 Å². The minimum atomic E-state index is -1.85. The first-order valence-electron chi connectivity index (χ1n) is 4.99. The van der Waals surface area contributed by atoms with Gasteiger partial charge in [0.1, 0.15) is 12.4 Å². The summed E-state index contributed by atoms with van der Waals surface area (Å²) in [5.74, 6) is -0.618. The molecule has 0 aliphatic rings. The molecule has 1 aromatic rings. The van der Waals surface area contributed by atoms with Crippen LogP contribution >= 0.6 is 0 Å². The molecule has 1 N–H and O–H groups in total. The van der Waals surface area contributed by atoms with Crippen LogP contribution in [0.3, 0.4) is 0 Å². The summed E-state index contributed by atoms with van der Waals surface area (Å²) < 4.78 is 18.8. The summed E-state index contributed by atoms with van der Waals surface area (Å²) in [7, 11) is 0. The van der Waals surface area contributed by atoms with Gasteiger partial charge in [-0.1, -0.05) is 12.1 Å². The first-order chi connectivity index (χ1) is 7.39. The number of hydrogen-bond acceptors (Lipinski definition) is 2. The normalized spacial score (nSPS) is 14.2. The zero-order chi connectivity index (χ0) is 12.2. The third-order valence-electron chi connectivity index (χ3n) is 2.05. The second-order valence-corrected chi connectivity index (χ2v) is 4.09. The van der Waals surface area contributed by atoms with Crippen molar-refractivity contribution in [1.82, 2.24) is 0 Å². The summed E-state index contributed by atoms with van der Waals surface area (Å²) in [6.45, 7) is 2.86. The number of halogens is 1. The van der Waals surface area contributed by atoms with Crippen molar-refractivity contribution in [2.45, 2.75) is 25.9 Å². The van der Waals surface area contributed by atoms with Crippen molar-refractivity contribution in [3.63, 3.8) is 0 Å². The topological polar surface area (TPSA) is 46.5 Å². The van der Waals surface area contributed by atoms with E-state index in [2.05, 4.69) is 0 Å². The molecule has 4 heteroatoms. The maximum Gasteiger partial charge on any atom is 0.306 e. The largest absolute Gasteiger partial charge is 0.490 e. The van der Waals surface area contributed by atoms with E-state index in [1.807, 2.05) is 13.0 Å². The Bertz CT molecular complexity index is 374. The molecule has 16 heavy (non-hydrogen) atoms. The average Bonchev–Trinajstić information content (AvgIpc) is 2.13. The van der Waals surface area contributed by atoms with E-state index in [4.69, 9.17) is 9.84 Å². The molecule has 88 valence electrons. The number of carbonyl (C=O) groups is 1. The predicted molar refractivity (Wildman–Crippen MR) is 58.4 cm³/mol. The number of hydrogen-bond donors (Lipinski definition) is 1. The SMILES string of the molecule is Cc1cccc(OCC(C)(F)CC(=O)O)c1. The van der Waals surface area contributed by atoms with Gasteiger partial charge in [0.15, 0.2) is 5.67 Å². The lowest BCUT2D eigenvalue weighted by Gasteiger charge is -2.18. The van der Waals surface area contributed by atoms with E-state index >= 15 is 0 Å². The molecule has 0 spiro atoms. The van der Waals surface area contributed by atoms with Crippen molar-refractivity contribution in [3.05, 3.63) is 29.8 Å². The Hall–Kier alpha value is -1.58. The number of rotatable bonds is 5. The molecular weight excluding hydrogens is 211 g/mol. The lowest BCUT2D eigenvalue weighted by atomic mass is 10.1. The van der Waals surface area contributed by atoms with Gasteiger partial charge >= 0.3 is 5.97 Å². The second kappa shape index (κ2) is 4.96. The quantitative estimate of drug-likeness (QED) is 0.839. The molecule has 1 atom stereocenters. The number of aliphatic carboxylic acids is 1. The molecule has 1 aromatic carbocycles. The fraction of sp³-hybridized carbons (Fsp3) is 0.417. The zero-order valence-corrected chi connectivity index (χ0v) is 9.37. The summed E-state index contributed by atoms with van der Waals surface area (Å²) in [6, 6.07) is 7.19. The molecule has 0 saturated heterocycles. The van der Waals surface area contributed by atoms with Crippen LogP contribution in [0.4, 0.5) is 4.39 Å². The minimum Gasteiger partial charge on any atom is -0.490 e. The molecular formula is C12H15FO3. The van der Waals surface area contributed by atoms with Crippen LogP contribution in [0, 0.1) is 6.92 Å². The number of carboxylic acid groups (broad SMARTS) is 1. The molecule has 1 rings (SSSR count). The van der Waals surface area contributed by atoms with Gasteiger partial charge in [-0.15, -0.1) is 0 Å². The van der Waals surface area contributed by atoms with E-state index in [-0.39, 0.29) is 6.61 Å². The molecule has 1 unspecified atom stereocenters. The number of alkyl halides is 1. The maximum absolute atomic E-state index is 13.6. The molecule has 0 heterocycles. The van der Waals surface area contributed by atoms with Crippen LogP contribution in [0.5, 0.6) is 5.75 Å². The summed E-state index contributed by atoms with van der Waals surface area (Å²) in [5.41, 5.74) is -0.841. The van der Waals surface area contributed by atoms with Gasteiger partial charge in [-0.25, -0.2) is 4.39 Å². The molecule has 0 aromatic heterocycles. The van der Waals surface area contributed by atoms with E-state index in [1.54, 1.807) is 18.2 Å². The fourth-order valence-electron chi connectivity index (χ4n) is 1.31. The third-order valence-corrected chi connectivity index (χ3v) is 2.05. The summed E-state index contributed by atoms with van der Waals surface area (Å²) in [4.78, 5) is 10.4. The lowest BCUT2D eigenvalue weighted by Crippen LogP contribution is -2.30. The smallest absolute Gasteiger partial charge is 0.306 e. The first-order valence-corrected chi connectivity index (χ1v) is 4.99. The van der Waals surface area contributed by atoms with E-state index in [1.165, 1.54) is 6.92 Å². The van der Waals surface area contributed by atoms with Crippen LogP contribution in [0.2, 0.25) is 0 Å². The highest BCUT2D eigenvalue weighted by atomic mass is 19.1. The molecule has 0 aliphatic carbocycles. The Balaban J connectivity index is 2.54. The van der Waals surface area contributed by atoms with Gasteiger partial charge in [0.05, 0.1) is 6.42 Å². The summed E-state index contributed by atoms with van der Waals surface area (Å²) in [5, 5.41) is 8.49. The van der Waals surface area contributed by atoms with E-state index in [9.17, 15) is 9.18 Å². The molecule has 0 aliphatic heterocycles. The number of benzene rings is 1. The zero-order valence-electron chi connectivity index (χ0n) is 9.37. The molecule has 0 radical (unpaired) electrons. The van der Waals surface area contributed by atoms with Crippen molar-refractivity contribution in [2.75, 3.05) is 6.61 Å². The number of ether oxygens (including phenoxy) is 1. The number of carboxylic acids is 1. The van der Waals surface area contributed by atoms with Crippen LogP contribution in [-0.4, -0.2) is 23.4 Å². The molecule has 0 bridgehead atoms. The van der Waals surface area contributed by atoms with Crippen molar-refractivity contribution in [1.29, 1.82) is 0 Å². The number of aryl methyl sites for hydroxylation is 1. The van der Waals surface area contributed by atoms with E-state index < -0.39 is 18.1 Å². The van der Waals surface area contributed by atoms with Gasteiger partial charge in [0.25, 0.3) is 0 Å². The van der Waals surface area contributed by atoms with Crippen molar-refractivity contribution < 1.29 is 19.0 Å². The third kappa shape index (κ3) is 4.29. The Morgan fingerprint density at radius 2 is 2.25 bits per heavy atom. The predicted octanol–water partition coefficient (Wildman–Crippen LogP) is 2.58. The van der Waals surface area contributed by atoms with Gasteiger partial charge in [-0.2, -0.15) is 0 Å². The van der Waals surface area contributed by atoms with Gasteiger partial charge < -0.3 is 9.84 Å². The van der Waals surface area contributed by atoms with Crippen LogP contribution in [0.1, 0.15) is 18.9 Å². The van der Waals surface area contributed by atoms with E-state index in [0.29, 0.717) is 5.75 Å². The van der Waals surface area contributed by atoms with Crippen LogP contribution in [0.25, 0.3) is 0 Å². The Morgan fingerprint density at radius 1 is 1.56 bits per heavy atom. The Morgan fingerprint density at radius 3 is 2.81 bits per heavy atom. The summed E-state index contributed by atoms with van der Waals surface area (Å²) in [6.07, 6.45) is -0.557. The summed E-state index contributed by atoms with van der Waals surface area (Å²) >= 11 is 0.